The zero-order valence-electron chi connectivity index (χ0n) is 12.1. The summed E-state index contributed by atoms with van der Waals surface area (Å²) in [7, 11) is 0. The molecule has 0 saturated carbocycles. The number of hydrogen-bond acceptors (Lipinski definition) is 3. The monoisotopic (exact) mass is 377 g/mol. The number of benzene rings is 2. The van der Waals surface area contributed by atoms with Crippen molar-refractivity contribution < 1.29 is 19.8 Å². The number of halogens is 1. The van der Waals surface area contributed by atoms with Crippen molar-refractivity contribution in [2.75, 3.05) is 0 Å². The molecule has 0 fully saturated rings. The van der Waals surface area contributed by atoms with E-state index >= 15 is 0 Å². The van der Waals surface area contributed by atoms with Crippen molar-refractivity contribution in [1.82, 2.24) is 5.32 Å². The lowest BCUT2D eigenvalue weighted by Crippen LogP contribution is -2.44. The lowest BCUT2D eigenvalue weighted by molar-refractivity contribution is -0.143. The van der Waals surface area contributed by atoms with Gasteiger partial charge in [0.1, 0.15) is 6.04 Å². The Hall–Kier alpha value is -2.18. The Bertz CT molecular complexity index is 673. The molecule has 2 aromatic rings. The number of aliphatic hydroxyl groups excluding tert-OH is 1. The van der Waals surface area contributed by atoms with E-state index < -0.39 is 24.0 Å². The first kappa shape index (κ1) is 17.2. The molecule has 0 heterocycles. The molecule has 0 aliphatic carbocycles. The normalized spacial score (nSPS) is 13.1. The van der Waals surface area contributed by atoms with Gasteiger partial charge in [-0.15, -0.1) is 0 Å². The van der Waals surface area contributed by atoms with E-state index in [1.807, 2.05) is 0 Å². The van der Waals surface area contributed by atoms with E-state index in [0.29, 0.717) is 5.56 Å². The maximum atomic E-state index is 12.1. The summed E-state index contributed by atoms with van der Waals surface area (Å²) in [5, 5.41) is 21.7. The van der Waals surface area contributed by atoms with Gasteiger partial charge in [0, 0.05) is 10.9 Å². The molecule has 6 heteroatoms. The van der Waals surface area contributed by atoms with Crippen molar-refractivity contribution in [2.24, 2.45) is 0 Å². The Kier molecular flexibility index (Phi) is 5.90. The summed E-state index contributed by atoms with van der Waals surface area (Å²) in [5.41, 5.74) is 1.19. The summed E-state index contributed by atoms with van der Waals surface area (Å²) < 4.78 is 0.886. The van der Waals surface area contributed by atoms with Crippen LogP contribution in [0.2, 0.25) is 0 Å². The highest BCUT2D eigenvalue weighted by Crippen LogP contribution is 2.14. The average molecular weight is 378 g/mol. The smallest absolute Gasteiger partial charge is 0.326 e. The van der Waals surface area contributed by atoms with Gasteiger partial charge in [-0.2, -0.15) is 0 Å². The molecule has 0 aromatic heterocycles. The summed E-state index contributed by atoms with van der Waals surface area (Å²) >= 11 is 3.31. The van der Waals surface area contributed by atoms with Crippen LogP contribution in [-0.4, -0.2) is 28.1 Å². The molecule has 0 bridgehead atoms. The molecule has 2 aromatic carbocycles. The van der Waals surface area contributed by atoms with Crippen molar-refractivity contribution >= 4 is 27.8 Å². The third-order valence-electron chi connectivity index (χ3n) is 3.33. The Balaban J connectivity index is 2.05. The van der Waals surface area contributed by atoms with Crippen LogP contribution in [0.15, 0.2) is 59.1 Å². The van der Waals surface area contributed by atoms with Crippen molar-refractivity contribution in [3.8, 4) is 0 Å². The van der Waals surface area contributed by atoms with Gasteiger partial charge in [-0.05, 0) is 23.3 Å². The molecule has 0 aliphatic heterocycles. The van der Waals surface area contributed by atoms with Crippen LogP contribution in [0.4, 0.5) is 0 Å². The molecular formula is C17H16BrNO4. The van der Waals surface area contributed by atoms with E-state index in [1.165, 1.54) is 0 Å². The molecule has 0 radical (unpaired) electrons. The standard InChI is InChI=1S/C17H16BrNO4/c18-13-8-6-11(7-9-13)10-14(17(22)23)19-16(21)15(20)12-4-2-1-3-5-12/h1-9,14-15,20H,10H2,(H,19,21)(H,22,23)/t14-,15-/m0/s1. The number of amides is 1. The molecule has 0 saturated heterocycles. The topological polar surface area (TPSA) is 86.6 Å². The van der Waals surface area contributed by atoms with Crippen LogP contribution in [0, 0.1) is 0 Å². The molecule has 3 N–H and O–H groups in total. The number of carboxylic acid groups (broad SMARTS) is 1. The molecule has 0 aliphatic rings. The number of carboxylic acids is 1. The average Bonchev–Trinajstić information content (AvgIpc) is 2.56. The minimum absolute atomic E-state index is 0.135. The van der Waals surface area contributed by atoms with Crippen molar-refractivity contribution in [1.29, 1.82) is 0 Å². The number of carbonyl (C=O) groups is 2. The highest BCUT2D eigenvalue weighted by atomic mass is 79.9. The van der Waals surface area contributed by atoms with Crippen LogP contribution in [0.25, 0.3) is 0 Å². The van der Waals surface area contributed by atoms with E-state index in [-0.39, 0.29) is 6.42 Å². The van der Waals surface area contributed by atoms with Crippen LogP contribution < -0.4 is 5.32 Å². The zero-order chi connectivity index (χ0) is 16.8. The summed E-state index contributed by atoms with van der Waals surface area (Å²) in [6.45, 7) is 0. The van der Waals surface area contributed by atoms with E-state index in [2.05, 4.69) is 21.2 Å². The minimum Gasteiger partial charge on any atom is -0.480 e. The summed E-state index contributed by atoms with van der Waals surface area (Å²) in [5.74, 6) is -1.89. The van der Waals surface area contributed by atoms with Crippen LogP contribution in [0.3, 0.4) is 0 Å². The van der Waals surface area contributed by atoms with Gasteiger partial charge >= 0.3 is 5.97 Å². The van der Waals surface area contributed by atoms with Gasteiger partial charge in [0.25, 0.3) is 5.91 Å². The van der Waals surface area contributed by atoms with E-state index in [1.54, 1.807) is 54.6 Å². The van der Waals surface area contributed by atoms with Crippen LogP contribution >= 0.6 is 15.9 Å². The first-order chi connectivity index (χ1) is 11.0. The predicted molar refractivity (Wildman–Crippen MR) is 88.8 cm³/mol. The predicted octanol–water partition coefficient (Wildman–Crippen LogP) is 2.29. The molecule has 2 atom stereocenters. The quantitative estimate of drug-likeness (QED) is 0.720. The van der Waals surface area contributed by atoms with E-state index in [4.69, 9.17) is 0 Å². The fourth-order valence-electron chi connectivity index (χ4n) is 2.09. The van der Waals surface area contributed by atoms with E-state index in [9.17, 15) is 19.8 Å². The van der Waals surface area contributed by atoms with Crippen LogP contribution in [0.1, 0.15) is 17.2 Å². The number of aliphatic carboxylic acids is 1. The first-order valence-corrected chi connectivity index (χ1v) is 7.77. The van der Waals surface area contributed by atoms with Crippen LogP contribution in [-0.2, 0) is 16.0 Å². The van der Waals surface area contributed by atoms with Crippen LogP contribution in [0.5, 0.6) is 0 Å². The number of nitrogens with one attached hydrogen (secondary N) is 1. The molecular weight excluding hydrogens is 362 g/mol. The first-order valence-electron chi connectivity index (χ1n) is 6.98. The Labute approximate surface area is 142 Å². The molecule has 120 valence electrons. The molecule has 5 nitrogen and oxygen atoms in total. The molecule has 1 amide bonds. The fraction of sp³-hybridized carbons (Fsp3) is 0.176. The molecule has 23 heavy (non-hydrogen) atoms. The Morgan fingerprint density at radius 2 is 1.65 bits per heavy atom. The summed E-state index contributed by atoms with van der Waals surface area (Å²) in [4.78, 5) is 23.4. The lowest BCUT2D eigenvalue weighted by Gasteiger charge is -2.17. The number of carbonyl (C=O) groups excluding carboxylic acids is 1. The third-order valence-corrected chi connectivity index (χ3v) is 3.86. The van der Waals surface area contributed by atoms with Gasteiger partial charge in [0.2, 0.25) is 0 Å². The van der Waals surface area contributed by atoms with Gasteiger partial charge in [-0.1, -0.05) is 58.4 Å². The molecule has 0 unspecified atom stereocenters. The number of rotatable bonds is 6. The van der Waals surface area contributed by atoms with Gasteiger partial charge < -0.3 is 15.5 Å². The van der Waals surface area contributed by atoms with Gasteiger partial charge in [0.05, 0.1) is 0 Å². The van der Waals surface area contributed by atoms with Gasteiger partial charge in [0.15, 0.2) is 6.10 Å². The summed E-state index contributed by atoms with van der Waals surface area (Å²) in [6, 6.07) is 14.4. The second-order valence-electron chi connectivity index (χ2n) is 5.04. The molecule has 0 spiro atoms. The van der Waals surface area contributed by atoms with Gasteiger partial charge in [-0.25, -0.2) is 4.79 Å². The maximum Gasteiger partial charge on any atom is 0.326 e. The highest BCUT2D eigenvalue weighted by Gasteiger charge is 2.25. The van der Waals surface area contributed by atoms with Crippen molar-refractivity contribution in [3.05, 3.63) is 70.2 Å². The minimum atomic E-state index is -1.40. The highest BCUT2D eigenvalue weighted by molar-refractivity contribution is 9.10. The third kappa shape index (κ3) is 4.91. The fourth-order valence-corrected chi connectivity index (χ4v) is 2.36. The van der Waals surface area contributed by atoms with Crippen molar-refractivity contribution in [3.63, 3.8) is 0 Å². The zero-order valence-corrected chi connectivity index (χ0v) is 13.7. The lowest BCUT2D eigenvalue weighted by atomic mass is 10.0. The second-order valence-corrected chi connectivity index (χ2v) is 5.96. The number of aliphatic hydroxyl groups is 1. The summed E-state index contributed by atoms with van der Waals surface area (Å²) in [6.07, 6.45) is -1.27. The van der Waals surface area contributed by atoms with Crippen molar-refractivity contribution in [2.45, 2.75) is 18.6 Å². The van der Waals surface area contributed by atoms with E-state index in [0.717, 1.165) is 10.0 Å². The largest absolute Gasteiger partial charge is 0.480 e. The number of hydrogen-bond donors (Lipinski definition) is 3. The second kappa shape index (κ2) is 7.89. The maximum absolute atomic E-state index is 12.1. The molecule has 2 rings (SSSR count). The SMILES string of the molecule is O=C(O)[C@H](Cc1ccc(Br)cc1)NC(=O)[C@@H](O)c1ccccc1. The Morgan fingerprint density at radius 1 is 1.04 bits per heavy atom. The van der Waals surface area contributed by atoms with Gasteiger partial charge in [-0.3, -0.25) is 4.79 Å². The Morgan fingerprint density at radius 3 is 2.22 bits per heavy atom.